The molecule has 0 atom stereocenters. The molecule has 0 aromatic heterocycles. The third-order valence-corrected chi connectivity index (χ3v) is 6.84. The SMILES string of the molecule is Cc1ccc(-c2ccc3c(c2)C(c2ccccc2)(c2ccccc2)c2ccccc2-3)cc1. The molecule has 0 spiro atoms. The monoisotopic (exact) mass is 408 g/mol. The maximum absolute atomic E-state index is 2.42. The van der Waals surface area contributed by atoms with Crippen LogP contribution >= 0.6 is 0 Å². The molecule has 5 aromatic rings. The Morgan fingerprint density at radius 1 is 0.438 bits per heavy atom. The smallest absolute Gasteiger partial charge is 0.0622 e. The molecule has 0 unspecified atom stereocenters. The van der Waals surface area contributed by atoms with E-state index in [9.17, 15) is 0 Å². The molecule has 5 aromatic carbocycles. The van der Waals surface area contributed by atoms with Crippen LogP contribution in [0.5, 0.6) is 0 Å². The highest BCUT2D eigenvalue weighted by Crippen LogP contribution is 2.56. The van der Waals surface area contributed by atoms with Gasteiger partial charge in [0, 0.05) is 0 Å². The van der Waals surface area contributed by atoms with Crippen LogP contribution in [0, 0.1) is 6.92 Å². The fraction of sp³-hybridized carbons (Fsp3) is 0.0625. The predicted octanol–water partition coefficient (Wildman–Crippen LogP) is 8.03. The Labute approximate surface area is 189 Å². The maximum Gasteiger partial charge on any atom is 0.0713 e. The zero-order chi connectivity index (χ0) is 21.5. The molecule has 0 heterocycles. The predicted molar refractivity (Wildman–Crippen MR) is 134 cm³/mol. The minimum atomic E-state index is -0.338. The molecule has 1 aliphatic carbocycles. The van der Waals surface area contributed by atoms with Gasteiger partial charge in [-0.05, 0) is 57.5 Å². The quantitative estimate of drug-likeness (QED) is 0.278. The molecule has 0 fully saturated rings. The van der Waals surface area contributed by atoms with Gasteiger partial charge in [0.25, 0.3) is 0 Å². The minimum Gasteiger partial charge on any atom is -0.0622 e. The first-order valence-electron chi connectivity index (χ1n) is 11.2. The minimum absolute atomic E-state index is 0.338. The summed E-state index contributed by atoms with van der Waals surface area (Å²) in [5, 5.41) is 0. The lowest BCUT2D eigenvalue weighted by Gasteiger charge is -2.34. The van der Waals surface area contributed by atoms with E-state index in [1.165, 1.54) is 50.1 Å². The number of hydrogen-bond acceptors (Lipinski definition) is 0. The first-order valence-corrected chi connectivity index (χ1v) is 11.2. The normalized spacial score (nSPS) is 13.4. The highest BCUT2D eigenvalue weighted by Gasteiger charge is 2.45. The van der Waals surface area contributed by atoms with Crippen LogP contribution in [0.1, 0.15) is 27.8 Å². The van der Waals surface area contributed by atoms with E-state index >= 15 is 0 Å². The third kappa shape index (κ3) is 2.70. The Balaban J connectivity index is 1.72. The van der Waals surface area contributed by atoms with Gasteiger partial charge in [-0.1, -0.05) is 127 Å². The van der Waals surface area contributed by atoms with Crippen LogP contribution < -0.4 is 0 Å². The van der Waals surface area contributed by atoms with E-state index in [4.69, 9.17) is 0 Å². The summed E-state index contributed by atoms with van der Waals surface area (Å²) in [6.07, 6.45) is 0. The molecule has 6 rings (SSSR count). The second-order valence-electron chi connectivity index (χ2n) is 8.65. The average Bonchev–Trinajstić information content (AvgIpc) is 3.16. The van der Waals surface area contributed by atoms with Crippen molar-refractivity contribution in [1.29, 1.82) is 0 Å². The summed E-state index contributed by atoms with van der Waals surface area (Å²) in [6, 6.07) is 46.7. The lowest BCUT2D eigenvalue weighted by Crippen LogP contribution is -2.28. The van der Waals surface area contributed by atoms with Crippen molar-refractivity contribution >= 4 is 0 Å². The average molecular weight is 409 g/mol. The van der Waals surface area contributed by atoms with Gasteiger partial charge in [-0.2, -0.15) is 0 Å². The van der Waals surface area contributed by atoms with Gasteiger partial charge in [-0.3, -0.25) is 0 Å². The highest BCUT2D eigenvalue weighted by molar-refractivity contribution is 5.88. The van der Waals surface area contributed by atoms with Crippen molar-refractivity contribution in [3.63, 3.8) is 0 Å². The highest BCUT2D eigenvalue weighted by atomic mass is 14.5. The Morgan fingerprint density at radius 2 is 0.969 bits per heavy atom. The molecule has 0 N–H and O–H groups in total. The summed E-state index contributed by atoms with van der Waals surface area (Å²) in [6.45, 7) is 2.14. The van der Waals surface area contributed by atoms with Crippen LogP contribution in [0.2, 0.25) is 0 Å². The van der Waals surface area contributed by atoms with Gasteiger partial charge in [0.15, 0.2) is 0 Å². The Morgan fingerprint density at radius 3 is 1.62 bits per heavy atom. The topological polar surface area (TPSA) is 0 Å². The lowest BCUT2D eigenvalue weighted by atomic mass is 9.67. The van der Waals surface area contributed by atoms with Crippen LogP contribution in [0.25, 0.3) is 22.3 Å². The molecule has 0 amide bonds. The summed E-state index contributed by atoms with van der Waals surface area (Å²) >= 11 is 0. The van der Waals surface area contributed by atoms with Gasteiger partial charge in [0.05, 0.1) is 5.41 Å². The number of rotatable bonds is 3. The maximum atomic E-state index is 2.42. The second-order valence-corrected chi connectivity index (χ2v) is 8.65. The van der Waals surface area contributed by atoms with Gasteiger partial charge in [0.2, 0.25) is 0 Å². The summed E-state index contributed by atoms with van der Waals surface area (Å²) in [5.41, 5.74) is 11.4. The fourth-order valence-electron chi connectivity index (χ4n) is 5.37. The molecule has 0 aliphatic heterocycles. The van der Waals surface area contributed by atoms with Crippen molar-refractivity contribution in [3.05, 3.63) is 155 Å². The van der Waals surface area contributed by atoms with Gasteiger partial charge in [0.1, 0.15) is 0 Å². The van der Waals surface area contributed by atoms with E-state index in [0.29, 0.717) is 0 Å². The summed E-state index contributed by atoms with van der Waals surface area (Å²) in [7, 11) is 0. The van der Waals surface area contributed by atoms with E-state index in [0.717, 1.165) is 0 Å². The lowest BCUT2D eigenvalue weighted by molar-refractivity contribution is 0.769. The zero-order valence-corrected chi connectivity index (χ0v) is 18.1. The summed E-state index contributed by atoms with van der Waals surface area (Å²) in [4.78, 5) is 0. The third-order valence-electron chi connectivity index (χ3n) is 6.84. The van der Waals surface area contributed by atoms with E-state index in [1.807, 2.05) is 0 Å². The van der Waals surface area contributed by atoms with Crippen molar-refractivity contribution in [2.45, 2.75) is 12.3 Å². The van der Waals surface area contributed by atoms with E-state index in [1.54, 1.807) is 0 Å². The zero-order valence-electron chi connectivity index (χ0n) is 18.1. The molecule has 0 nitrogen and oxygen atoms in total. The molecule has 0 heteroatoms. The van der Waals surface area contributed by atoms with E-state index < -0.39 is 0 Å². The molecular weight excluding hydrogens is 384 g/mol. The van der Waals surface area contributed by atoms with Crippen molar-refractivity contribution in [1.82, 2.24) is 0 Å². The molecule has 0 bridgehead atoms. The van der Waals surface area contributed by atoms with Crippen molar-refractivity contribution < 1.29 is 0 Å². The molecule has 0 saturated heterocycles. The van der Waals surface area contributed by atoms with Gasteiger partial charge in [-0.15, -0.1) is 0 Å². The summed E-state index contributed by atoms with van der Waals surface area (Å²) in [5.74, 6) is 0. The standard InChI is InChI=1S/C32H24/c1-23-16-18-24(19-17-23)25-20-21-29-28-14-8-9-15-30(28)32(31(29)22-25,26-10-4-2-5-11-26)27-12-6-3-7-13-27/h2-22H,1H3. The van der Waals surface area contributed by atoms with Crippen LogP contribution in [0.3, 0.4) is 0 Å². The van der Waals surface area contributed by atoms with E-state index in [-0.39, 0.29) is 5.41 Å². The molecule has 1 aliphatic rings. The van der Waals surface area contributed by atoms with E-state index in [2.05, 4.69) is 134 Å². The molecule has 0 radical (unpaired) electrons. The number of fused-ring (bicyclic) bond motifs is 3. The number of benzene rings is 5. The van der Waals surface area contributed by atoms with Crippen LogP contribution in [0.15, 0.2) is 127 Å². The Bertz CT molecular complexity index is 1350. The van der Waals surface area contributed by atoms with Gasteiger partial charge >= 0.3 is 0 Å². The molecule has 152 valence electrons. The second kappa shape index (κ2) is 7.35. The van der Waals surface area contributed by atoms with Gasteiger partial charge in [-0.25, -0.2) is 0 Å². The Kier molecular flexibility index (Phi) is 4.33. The molecular formula is C32H24. The van der Waals surface area contributed by atoms with Crippen LogP contribution in [0.4, 0.5) is 0 Å². The molecule has 32 heavy (non-hydrogen) atoms. The Hall–Kier alpha value is -3.90. The van der Waals surface area contributed by atoms with Crippen molar-refractivity contribution in [2.75, 3.05) is 0 Å². The van der Waals surface area contributed by atoms with Crippen LogP contribution in [-0.2, 0) is 5.41 Å². The number of aryl methyl sites for hydroxylation is 1. The fourth-order valence-corrected chi connectivity index (χ4v) is 5.37. The molecule has 0 saturated carbocycles. The summed E-state index contributed by atoms with van der Waals surface area (Å²) < 4.78 is 0. The first kappa shape index (κ1) is 18.8. The van der Waals surface area contributed by atoms with Crippen molar-refractivity contribution in [2.24, 2.45) is 0 Å². The number of hydrogen-bond donors (Lipinski definition) is 0. The largest absolute Gasteiger partial charge is 0.0713 e. The first-order chi connectivity index (χ1) is 15.8. The van der Waals surface area contributed by atoms with Crippen LogP contribution in [-0.4, -0.2) is 0 Å². The van der Waals surface area contributed by atoms with Gasteiger partial charge < -0.3 is 0 Å². The van der Waals surface area contributed by atoms with Crippen molar-refractivity contribution in [3.8, 4) is 22.3 Å².